The minimum atomic E-state index is -0.0886. The first kappa shape index (κ1) is 20.0. The molecule has 0 saturated carbocycles. The highest BCUT2D eigenvalue weighted by molar-refractivity contribution is 5.78. The first-order valence-corrected chi connectivity index (χ1v) is 10.7. The quantitative estimate of drug-likeness (QED) is 0.760. The minimum absolute atomic E-state index is 0.0365. The van der Waals surface area contributed by atoms with Gasteiger partial charge in [-0.3, -0.25) is 14.6 Å². The lowest BCUT2D eigenvalue weighted by molar-refractivity contribution is -0.123. The number of amides is 1. The van der Waals surface area contributed by atoms with E-state index in [0.717, 1.165) is 61.3 Å². The number of hydrogen-bond donors (Lipinski definition) is 1. The average Bonchev–Trinajstić information content (AvgIpc) is 3.43. The largest absolute Gasteiger partial charge is 0.454 e. The zero-order valence-corrected chi connectivity index (χ0v) is 17.6. The van der Waals surface area contributed by atoms with Gasteiger partial charge in [-0.1, -0.05) is 12.1 Å². The van der Waals surface area contributed by atoms with Crippen LogP contribution in [0.25, 0.3) is 0 Å². The Bertz CT molecular complexity index is 958. The fraction of sp³-hybridized carbons (Fsp3) is 0.435. The summed E-state index contributed by atoms with van der Waals surface area (Å²) in [5, 5.41) is 3.09. The molecule has 0 bridgehead atoms. The molecule has 0 aromatic heterocycles. The number of rotatable bonds is 6. The topological polar surface area (TPSA) is 72.5 Å². The van der Waals surface area contributed by atoms with Gasteiger partial charge in [-0.25, -0.2) is 0 Å². The highest BCUT2D eigenvalue weighted by atomic mass is 16.7. The molecule has 3 aliphatic rings. The molecule has 2 aromatic rings. The molecule has 0 radical (unpaired) electrons. The fourth-order valence-corrected chi connectivity index (χ4v) is 4.16. The Morgan fingerprint density at radius 3 is 2.23 bits per heavy atom. The van der Waals surface area contributed by atoms with Crippen LogP contribution in [-0.4, -0.2) is 62.0 Å². The van der Waals surface area contributed by atoms with Gasteiger partial charge >= 0.3 is 0 Å². The fourth-order valence-electron chi connectivity index (χ4n) is 4.16. The van der Waals surface area contributed by atoms with Crippen molar-refractivity contribution >= 4 is 5.91 Å². The average molecular weight is 425 g/mol. The van der Waals surface area contributed by atoms with Gasteiger partial charge in [0.25, 0.3) is 0 Å². The Morgan fingerprint density at radius 2 is 1.48 bits per heavy atom. The highest BCUT2D eigenvalue weighted by Crippen LogP contribution is 2.34. The molecular formula is C23H27N3O5. The van der Waals surface area contributed by atoms with E-state index < -0.39 is 0 Å². The molecule has 3 heterocycles. The maximum absolute atomic E-state index is 12.6. The summed E-state index contributed by atoms with van der Waals surface area (Å²) < 4.78 is 21.6. The van der Waals surface area contributed by atoms with Crippen molar-refractivity contribution in [1.82, 2.24) is 15.1 Å². The molecule has 8 heteroatoms. The molecule has 1 fully saturated rings. The van der Waals surface area contributed by atoms with Crippen LogP contribution in [0, 0.1) is 0 Å². The molecule has 1 amide bonds. The Balaban J connectivity index is 1.07. The summed E-state index contributed by atoms with van der Waals surface area (Å²) in [6.45, 7) is 7.42. The SMILES string of the molecule is CC(NC(=O)CN1CCN(Cc2ccc3c(c2)OCO3)CC1)c1ccc2c(c1)OCO2. The number of fused-ring (bicyclic) bond motifs is 2. The maximum Gasteiger partial charge on any atom is 0.234 e. The van der Waals surface area contributed by atoms with Gasteiger partial charge in [-0.05, 0) is 42.3 Å². The normalized spacial score (nSPS) is 18.7. The van der Waals surface area contributed by atoms with Gasteiger partial charge in [0, 0.05) is 32.7 Å². The summed E-state index contributed by atoms with van der Waals surface area (Å²) in [4.78, 5) is 17.2. The number of nitrogens with one attached hydrogen (secondary N) is 1. The van der Waals surface area contributed by atoms with E-state index in [2.05, 4.69) is 27.2 Å². The lowest BCUT2D eigenvalue weighted by Gasteiger charge is -2.34. The summed E-state index contributed by atoms with van der Waals surface area (Å²) in [7, 11) is 0. The summed E-state index contributed by atoms with van der Waals surface area (Å²) >= 11 is 0. The first-order chi connectivity index (χ1) is 15.1. The monoisotopic (exact) mass is 425 g/mol. The third-order valence-electron chi connectivity index (χ3n) is 5.95. The number of carbonyl (C=O) groups is 1. The molecule has 31 heavy (non-hydrogen) atoms. The van der Waals surface area contributed by atoms with Crippen LogP contribution >= 0.6 is 0 Å². The van der Waals surface area contributed by atoms with Gasteiger partial charge in [0.2, 0.25) is 19.5 Å². The lowest BCUT2D eigenvalue weighted by Crippen LogP contribution is -2.49. The Labute approximate surface area is 181 Å². The van der Waals surface area contributed by atoms with Gasteiger partial charge in [0.15, 0.2) is 23.0 Å². The third-order valence-corrected chi connectivity index (χ3v) is 5.95. The zero-order valence-electron chi connectivity index (χ0n) is 17.6. The number of hydrogen-bond acceptors (Lipinski definition) is 7. The lowest BCUT2D eigenvalue weighted by atomic mass is 10.1. The molecule has 5 rings (SSSR count). The predicted octanol–water partition coefficient (Wildman–Crippen LogP) is 2.14. The van der Waals surface area contributed by atoms with Crippen molar-refractivity contribution < 1.29 is 23.7 Å². The molecule has 1 unspecified atom stereocenters. The van der Waals surface area contributed by atoms with Crippen molar-refractivity contribution in [3.63, 3.8) is 0 Å². The molecule has 3 aliphatic heterocycles. The van der Waals surface area contributed by atoms with Crippen LogP contribution in [0.2, 0.25) is 0 Å². The summed E-state index contributed by atoms with van der Waals surface area (Å²) in [6, 6.07) is 11.8. The van der Waals surface area contributed by atoms with Crippen molar-refractivity contribution in [2.75, 3.05) is 46.3 Å². The van der Waals surface area contributed by atoms with E-state index in [9.17, 15) is 4.79 Å². The van der Waals surface area contributed by atoms with E-state index in [0.29, 0.717) is 13.3 Å². The molecule has 2 aromatic carbocycles. The van der Waals surface area contributed by atoms with Gasteiger partial charge in [0.1, 0.15) is 0 Å². The molecule has 164 valence electrons. The second kappa shape index (κ2) is 8.64. The van der Waals surface area contributed by atoms with Crippen molar-refractivity contribution in [2.45, 2.75) is 19.5 Å². The Hall–Kier alpha value is -2.97. The van der Waals surface area contributed by atoms with E-state index in [1.807, 2.05) is 31.2 Å². The van der Waals surface area contributed by atoms with Crippen LogP contribution in [0.1, 0.15) is 24.1 Å². The molecule has 8 nitrogen and oxygen atoms in total. The summed E-state index contributed by atoms with van der Waals surface area (Å²) in [5.41, 5.74) is 2.22. The van der Waals surface area contributed by atoms with Gasteiger partial charge in [0.05, 0.1) is 12.6 Å². The van der Waals surface area contributed by atoms with Crippen molar-refractivity contribution in [1.29, 1.82) is 0 Å². The van der Waals surface area contributed by atoms with Crippen LogP contribution in [0.3, 0.4) is 0 Å². The van der Waals surface area contributed by atoms with E-state index in [1.54, 1.807) is 0 Å². The van der Waals surface area contributed by atoms with Crippen LogP contribution in [0.15, 0.2) is 36.4 Å². The highest BCUT2D eigenvalue weighted by Gasteiger charge is 2.22. The van der Waals surface area contributed by atoms with E-state index in [-0.39, 0.29) is 18.7 Å². The zero-order chi connectivity index (χ0) is 21.2. The second-order valence-corrected chi connectivity index (χ2v) is 8.14. The third kappa shape index (κ3) is 4.55. The number of piperazine rings is 1. The van der Waals surface area contributed by atoms with E-state index in [1.165, 1.54) is 5.56 Å². The predicted molar refractivity (Wildman–Crippen MR) is 113 cm³/mol. The number of benzene rings is 2. The molecule has 1 atom stereocenters. The van der Waals surface area contributed by atoms with Crippen LogP contribution in [0.5, 0.6) is 23.0 Å². The standard InChI is InChI=1S/C23H27N3O5/c1-16(18-3-5-20-22(11-18)31-15-29-20)24-23(27)13-26-8-6-25(7-9-26)12-17-2-4-19-21(10-17)30-14-28-19/h2-5,10-11,16H,6-9,12-15H2,1H3,(H,24,27). The maximum atomic E-state index is 12.6. The van der Waals surface area contributed by atoms with Gasteiger partial charge in [-0.2, -0.15) is 0 Å². The number of nitrogens with zero attached hydrogens (tertiary/aromatic N) is 2. The Morgan fingerprint density at radius 1 is 0.871 bits per heavy atom. The summed E-state index contributed by atoms with van der Waals surface area (Å²) in [5.74, 6) is 3.16. The van der Waals surface area contributed by atoms with E-state index in [4.69, 9.17) is 18.9 Å². The molecule has 0 aliphatic carbocycles. The van der Waals surface area contributed by atoms with Crippen molar-refractivity contribution in [3.05, 3.63) is 47.5 Å². The summed E-state index contributed by atoms with van der Waals surface area (Å²) in [6.07, 6.45) is 0. The van der Waals surface area contributed by atoms with Crippen molar-refractivity contribution in [3.8, 4) is 23.0 Å². The second-order valence-electron chi connectivity index (χ2n) is 8.14. The minimum Gasteiger partial charge on any atom is -0.454 e. The van der Waals surface area contributed by atoms with E-state index >= 15 is 0 Å². The van der Waals surface area contributed by atoms with Crippen LogP contribution < -0.4 is 24.3 Å². The van der Waals surface area contributed by atoms with Crippen LogP contribution in [-0.2, 0) is 11.3 Å². The van der Waals surface area contributed by atoms with Crippen molar-refractivity contribution in [2.24, 2.45) is 0 Å². The Kier molecular flexibility index (Phi) is 5.57. The first-order valence-electron chi connectivity index (χ1n) is 10.7. The molecular weight excluding hydrogens is 398 g/mol. The molecule has 1 saturated heterocycles. The van der Waals surface area contributed by atoms with Gasteiger partial charge < -0.3 is 24.3 Å². The number of ether oxygens (including phenoxy) is 4. The molecule has 0 spiro atoms. The van der Waals surface area contributed by atoms with Gasteiger partial charge in [-0.15, -0.1) is 0 Å². The molecule has 1 N–H and O–H groups in total. The number of carbonyl (C=O) groups excluding carboxylic acids is 1. The smallest absolute Gasteiger partial charge is 0.234 e. The van der Waals surface area contributed by atoms with Crippen LogP contribution in [0.4, 0.5) is 0 Å².